The number of ether oxygens (including phenoxy) is 3. The van der Waals surface area contributed by atoms with Crippen molar-refractivity contribution < 1.29 is 23.8 Å². The molecule has 0 bridgehead atoms. The second kappa shape index (κ2) is 9.80. The van der Waals surface area contributed by atoms with Gasteiger partial charge in [-0.15, -0.1) is 0 Å². The van der Waals surface area contributed by atoms with Gasteiger partial charge in [-0.3, -0.25) is 4.79 Å². The predicted octanol–water partition coefficient (Wildman–Crippen LogP) is 4.79. The Kier molecular flexibility index (Phi) is 6.87. The summed E-state index contributed by atoms with van der Waals surface area (Å²) in [7, 11) is 3.21. The van der Waals surface area contributed by atoms with Crippen molar-refractivity contribution in [1.82, 2.24) is 5.32 Å². The molecule has 1 fully saturated rings. The first-order chi connectivity index (χ1) is 15.5. The lowest BCUT2D eigenvalue weighted by Gasteiger charge is -2.38. The van der Waals surface area contributed by atoms with Gasteiger partial charge in [-0.1, -0.05) is 18.9 Å². The molecule has 0 aromatic heterocycles. The number of esters is 1. The maximum absolute atomic E-state index is 13.6. The third-order valence-electron chi connectivity index (χ3n) is 6.88. The van der Waals surface area contributed by atoms with Crippen LogP contribution in [0.15, 0.2) is 41.2 Å². The third kappa shape index (κ3) is 4.41. The summed E-state index contributed by atoms with van der Waals surface area (Å²) in [6.45, 7) is 1.89. The van der Waals surface area contributed by atoms with Gasteiger partial charge in [0.2, 0.25) is 0 Å². The number of ketones is 1. The van der Waals surface area contributed by atoms with Crippen molar-refractivity contribution in [2.75, 3.05) is 14.2 Å². The molecule has 0 saturated heterocycles. The second-order valence-corrected chi connectivity index (χ2v) is 8.91. The number of benzene rings is 1. The number of methoxy groups -OCH3 is 2. The smallest absolute Gasteiger partial charge is 0.336 e. The fourth-order valence-electron chi connectivity index (χ4n) is 5.28. The van der Waals surface area contributed by atoms with E-state index in [2.05, 4.69) is 11.4 Å². The minimum Gasteiger partial charge on any atom is -0.497 e. The van der Waals surface area contributed by atoms with Crippen molar-refractivity contribution in [3.05, 3.63) is 46.8 Å². The highest BCUT2D eigenvalue weighted by molar-refractivity contribution is 5.96. The van der Waals surface area contributed by atoms with E-state index in [1.807, 2.05) is 25.1 Å². The van der Waals surface area contributed by atoms with Crippen LogP contribution >= 0.6 is 0 Å². The molecule has 4 rings (SSSR count). The van der Waals surface area contributed by atoms with E-state index in [0.29, 0.717) is 29.9 Å². The van der Waals surface area contributed by atoms with E-state index in [0.717, 1.165) is 42.6 Å². The van der Waals surface area contributed by atoms with E-state index in [-0.39, 0.29) is 17.9 Å². The van der Waals surface area contributed by atoms with Crippen LogP contribution in [0, 0.1) is 5.92 Å². The van der Waals surface area contributed by atoms with Crippen LogP contribution in [0.3, 0.4) is 0 Å². The van der Waals surface area contributed by atoms with Crippen molar-refractivity contribution in [1.29, 1.82) is 0 Å². The van der Waals surface area contributed by atoms with Gasteiger partial charge in [-0.05, 0) is 57.2 Å². The van der Waals surface area contributed by atoms with Gasteiger partial charge in [0.05, 0.1) is 25.7 Å². The molecule has 1 heterocycles. The number of nitrogens with one attached hydrogen (secondary N) is 1. The molecule has 2 atom stereocenters. The molecule has 0 amide bonds. The number of hydrogen-bond donors (Lipinski definition) is 1. The van der Waals surface area contributed by atoms with Crippen LogP contribution in [0.1, 0.15) is 69.8 Å². The van der Waals surface area contributed by atoms with Gasteiger partial charge in [0.25, 0.3) is 0 Å². The third-order valence-corrected chi connectivity index (χ3v) is 6.88. The van der Waals surface area contributed by atoms with E-state index >= 15 is 0 Å². The first kappa shape index (κ1) is 22.4. The van der Waals surface area contributed by atoms with Crippen LogP contribution in [0.5, 0.6) is 11.5 Å². The number of Topliss-reactive ketones (excluding diaryl/α,β-unsaturated/α-hetero) is 1. The van der Waals surface area contributed by atoms with Gasteiger partial charge in [0.15, 0.2) is 0 Å². The average Bonchev–Trinajstić information content (AvgIpc) is 3.06. The summed E-state index contributed by atoms with van der Waals surface area (Å²) in [5.41, 5.74) is 2.88. The molecular formula is C26H33NO5. The van der Waals surface area contributed by atoms with Crippen molar-refractivity contribution in [3.63, 3.8) is 0 Å². The zero-order chi connectivity index (χ0) is 22.7. The lowest BCUT2D eigenvalue weighted by Crippen LogP contribution is -2.41. The Morgan fingerprint density at radius 2 is 1.78 bits per heavy atom. The van der Waals surface area contributed by atoms with Crippen LogP contribution in [-0.4, -0.2) is 32.1 Å². The summed E-state index contributed by atoms with van der Waals surface area (Å²) in [6.07, 6.45) is 9.48. The summed E-state index contributed by atoms with van der Waals surface area (Å²) < 4.78 is 17.2. The Labute approximate surface area is 190 Å². The summed E-state index contributed by atoms with van der Waals surface area (Å²) in [5.74, 6) is 0.111. The number of carbonyl (C=O) groups excluding carboxylic acids is 2. The maximum atomic E-state index is 13.6. The number of rotatable bonds is 5. The molecule has 1 saturated carbocycles. The Morgan fingerprint density at radius 1 is 1.03 bits per heavy atom. The average molecular weight is 440 g/mol. The Hall–Kier alpha value is -2.76. The molecule has 1 N–H and O–H groups in total. The molecular weight excluding hydrogens is 406 g/mol. The van der Waals surface area contributed by atoms with Crippen LogP contribution in [0.25, 0.3) is 0 Å². The largest absolute Gasteiger partial charge is 0.497 e. The molecule has 172 valence electrons. The van der Waals surface area contributed by atoms with E-state index in [1.54, 1.807) is 14.2 Å². The minimum absolute atomic E-state index is 0.0721. The fraction of sp³-hybridized carbons (Fsp3) is 0.538. The van der Waals surface area contributed by atoms with Crippen molar-refractivity contribution in [2.45, 2.75) is 70.3 Å². The quantitative estimate of drug-likeness (QED) is 0.525. The molecule has 6 nitrogen and oxygen atoms in total. The monoisotopic (exact) mass is 439 g/mol. The van der Waals surface area contributed by atoms with E-state index in [9.17, 15) is 9.59 Å². The second-order valence-electron chi connectivity index (χ2n) is 8.91. The Morgan fingerprint density at radius 3 is 2.47 bits per heavy atom. The summed E-state index contributed by atoms with van der Waals surface area (Å²) in [6, 6.07) is 5.53. The van der Waals surface area contributed by atoms with Gasteiger partial charge >= 0.3 is 5.97 Å². The molecule has 2 unspecified atom stereocenters. The zero-order valence-corrected chi connectivity index (χ0v) is 19.2. The zero-order valence-electron chi connectivity index (χ0n) is 19.2. The molecule has 6 heteroatoms. The fourth-order valence-corrected chi connectivity index (χ4v) is 5.28. The highest BCUT2D eigenvalue weighted by atomic mass is 16.5. The molecule has 1 aromatic rings. The molecule has 0 spiro atoms. The minimum atomic E-state index is -0.487. The van der Waals surface area contributed by atoms with E-state index in [4.69, 9.17) is 14.2 Å². The standard InChI is InChI=1S/C26H33NO5/c1-16-23(26(29)32-17-9-6-4-5-7-10-17)24(25-20(27-16)11-8-12-21(25)28)19-15-18(30-2)13-14-22(19)31-3/h11,13-15,17,24-25,27H,4-10,12H2,1-3H3. The lowest BCUT2D eigenvalue weighted by molar-refractivity contribution is -0.145. The van der Waals surface area contributed by atoms with Gasteiger partial charge in [-0.2, -0.15) is 0 Å². The van der Waals surface area contributed by atoms with Crippen LogP contribution < -0.4 is 14.8 Å². The molecule has 1 aromatic carbocycles. The SMILES string of the molecule is COc1ccc(OC)c(C2C(C(=O)OC3CCCCCC3)=C(C)NC3=CCCC(=O)C32)c1. The topological polar surface area (TPSA) is 73.9 Å². The lowest BCUT2D eigenvalue weighted by atomic mass is 9.70. The molecule has 0 radical (unpaired) electrons. The number of fused-ring (bicyclic) bond motifs is 1. The maximum Gasteiger partial charge on any atom is 0.336 e. The number of hydrogen-bond acceptors (Lipinski definition) is 6. The van der Waals surface area contributed by atoms with Gasteiger partial charge in [0, 0.05) is 29.3 Å². The number of carbonyl (C=O) groups is 2. The van der Waals surface area contributed by atoms with Crippen LogP contribution in [0.4, 0.5) is 0 Å². The predicted molar refractivity (Wildman–Crippen MR) is 122 cm³/mol. The van der Waals surface area contributed by atoms with Gasteiger partial charge < -0.3 is 19.5 Å². The van der Waals surface area contributed by atoms with Crippen molar-refractivity contribution >= 4 is 11.8 Å². The Bertz CT molecular complexity index is 940. The van der Waals surface area contributed by atoms with Gasteiger partial charge in [0.1, 0.15) is 23.4 Å². The first-order valence-electron chi connectivity index (χ1n) is 11.7. The summed E-state index contributed by atoms with van der Waals surface area (Å²) in [5, 5.41) is 3.34. The summed E-state index contributed by atoms with van der Waals surface area (Å²) in [4.78, 5) is 26.7. The normalized spacial score (nSPS) is 24.1. The van der Waals surface area contributed by atoms with Crippen molar-refractivity contribution in [2.24, 2.45) is 5.92 Å². The van der Waals surface area contributed by atoms with E-state index in [1.165, 1.54) is 12.8 Å². The molecule has 3 aliphatic rings. The van der Waals surface area contributed by atoms with Crippen LogP contribution in [0.2, 0.25) is 0 Å². The van der Waals surface area contributed by atoms with Crippen molar-refractivity contribution in [3.8, 4) is 11.5 Å². The summed E-state index contributed by atoms with van der Waals surface area (Å²) >= 11 is 0. The molecule has 2 aliphatic carbocycles. The highest BCUT2D eigenvalue weighted by Gasteiger charge is 2.45. The van der Waals surface area contributed by atoms with Gasteiger partial charge in [-0.25, -0.2) is 4.79 Å². The number of allylic oxidation sites excluding steroid dienone is 3. The molecule has 1 aliphatic heterocycles. The van der Waals surface area contributed by atoms with Crippen LogP contribution in [-0.2, 0) is 14.3 Å². The van der Waals surface area contributed by atoms with E-state index < -0.39 is 11.8 Å². The highest BCUT2D eigenvalue weighted by Crippen LogP contribution is 2.47. The first-order valence-corrected chi connectivity index (χ1v) is 11.7. The molecule has 32 heavy (non-hydrogen) atoms. The Balaban J connectivity index is 1.79.